The van der Waals surface area contributed by atoms with Crippen LogP contribution in [0.3, 0.4) is 0 Å². The lowest BCUT2D eigenvalue weighted by atomic mass is 10.00. The summed E-state index contributed by atoms with van der Waals surface area (Å²) in [6.45, 7) is 3.73. The highest BCUT2D eigenvalue weighted by molar-refractivity contribution is 7.85. The monoisotopic (exact) mass is 847 g/mol. The number of carbonyl (C=O) groups excluding carboxylic acids is 2. The summed E-state index contributed by atoms with van der Waals surface area (Å²) in [6, 6.07) is 0. The number of unbranched alkanes of at least 4 members (excludes halogenated alkanes) is 22. The lowest BCUT2D eigenvalue weighted by Gasteiger charge is -2.40. The van der Waals surface area contributed by atoms with E-state index in [9.17, 15) is 37.9 Å². The van der Waals surface area contributed by atoms with Gasteiger partial charge in [0.1, 0.15) is 36.8 Å². The van der Waals surface area contributed by atoms with Gasteiger partial charge in [-0.3, -0.25) is 14.1 Å². The first-order valence-electron chi connectivity index (χ1n) is 22.9. The van der Waals surface area contributed by atoms with Gasteiger partial charge in [-0.1, -0.05) is 141 Å². The van der Waals surface area contributed by atoms with Crippen LogP contribution in [0.1, 0.15) is 194 Å². The molecular formula is C45H82O12S. The number of aliphatic hydroxyl groups is 3. The van der Waals surface area contributed by atoms with Crippen molar-refractivity contribution in [2.75, 3.05) is 19.0 Å². The van der Waals surface area contributed by atoms with Crippen molar-refractivity contribution in [3.63, 3.8) is 0 Å². The summed E-state index contributed by atoms with van der Waals surface area (Å²) in [4.78, 5) is 25.4. The van der Waals surface area contributed by atoms with Gasteiger partial charge in [0.05, 0.1) is 6.61 Å². The molecule has 0 aromatic heterocycles. The highest BCUT2D eigenvalue weighted by Crippen LogP contribution is 2.24. The summed E-state index contributed by atoms with van der Waals surface area (Å²) < 4.78 is 54.0. The van der Waals surface area contributed by atoms with Gasteiger partial charge in [-0.25, -0.2) is 0 Å². The lowest BCUT2D eigenvalue weighted by Crippen LogP contribution is -2.60. The van der Waals surface area contributed by atoms with Gasteiger partial charge in [-0.15, -0.1) is 0 Å². The van der Waals surface area contributed by atoms with Gasteiger partial charge in [-0.2, -0.15) is 8.42 Å². The molecule has 0 amide bonds. The summed E-state index contributed by atoms with van der Waals surface area (Å²) in [6.07, 6.45) is 29.4. The Morgan fingerprint density at radius 1 is 0.569 bits per heavy atom. The molecule has 1 aliphatic heterocycles. The van der Waals surface area contributed by atoms with Crippen LogP contribution in [0.15, 0.2) is 24.3 Å². The minimum Gasteiger partial charge on any atom is -0.462 e. The molecule has 58 heavy (non-hydrogen) atoms. The van der Waals surface area contributed by atoms with E-state index in [4.69, 9.17) is 18.9 Å². The van der Waals surface area contributed by atoms with Crippen LogP contribution in [0, 0.1) is 0 Å². The quantitative estimate of drug-likeness (QED) is 0.0200. The second kappa shape index (κ2) is 35.8. The van der Waals surface area contributed by atoms with Gasteiger partial charge in [0.2, 0.25) is 0 Å². The van der Waals surface area contributed by atoms with E-state index >= 15 is 0 Å². The smallest absolute Gasteiger partial charge is 0.306 e. The average Bonchev–Trinajstić information content (AvgIpc) is 3.18. The molecule has 1 rings (SSSR count). The van der Waals surface area contributed by atoms with Crippen molar-refractivity contribution in [2.45, 2.75) is 230 Å². The zero-order chi connectivity index (χ0) is 42.7. The van der Waals surface area contributed by atoms with E-state index in [0.29, 0.717) is 12.8 Å². The average molecular weight is 847 g/mol. The van der Waals surface area contributed by atoms with Crippen molar-refractivity contribution >= 4 is 22.1 Å². The van der Waals surface area contributed by atoms with Crippen molar-refractivity contribution in [3.05, 3.63) is 24.3 Å². The molecule has 0 aromatic carbocycles. The standard InChI is InChI=1S/C45H82O12S/c1-3-5-7-9-11-13-15-17-19-21-23-25-27-29-31-33-40(46)54-35-38(36-55-45-44(50)43(49)42(48)39(57-45)37-58(51,52)53)56-41(47)34-32-30-28-26-24-22-20-18-16-14-12-10-8-6-4-2/h14,16,23,25,38-39,42-45,48-50H,3-13,15,17-22,24,26-37H2,1-2H3,(H,51,52,53)/b16-14+,25-23+/t38-,39-,42-,43?,44?,45+/m1/s1. The van der Waals surface area contributed by atoms with E-state index in [0.717, 1.165) is 51.4 Å². The van der Waals surface area contributed by atoms with Crippen molar-refractivity contribution in [3.8, 4) is 0 Å². The Labute approximate surface area is 351 Å². The van der Waals surface area contributed by atoms with Crippen LogP contribution >= 0.6 is 0 Å². The Morgan fingerprint density at radius 3 is 1.48 bits per heavy atom. The highest BCUT2D eigenvalue weighted by atomic mass is 32.2. The summed E-state index contributed by atoms with van der Waals surface area (Å²) >= 11 is 0. The van der Waals surface area contributed by atoms with Crippen LogP contribution in [-0.4, -0.2) is 96.0 Å². The van der Waals surface area contributed by atoms with E-state index < -0.39 is 71.2 Å². The van der Waals surface area contributed by atoms with Crippen molar-refractivity contribution in [1.82, 2.24) is 0 Å². The number of ether oxygens (including phenoxy) is 4. The molecule has 0 saturated carbocycles. The maximum absolute atomic E-state index is 12.8. The van der Waals surface area contributed by atoms with Crippen LogP contribution in [-0.2, 0) is 38.7 Å². The Bertz CT molecular complexity index is 1180. The second-order valence-corrected chi connectivity index (χ2v) is 17.6. The normalized spacial score (nSPS) is 20.6. The molecule has 4 N–H and O–H groups in total. The van der Waals surface area contributed by atoms with Crippen molar-refractivity contribution in [1.29, 1.82) is 0 Å². The Morgan fingerprint density at radius 2 is 0.983 bits per heavy atom. The lowest BCUT2D eigenvalue weighted by molar-refractivity contribution is -0.297. The number of rotatable bonds is 38. The molecular weight excluding hydrogens is 765 g/mol. The first kappa shape index (κ1) is 54.1. The molecule has 1 saturated heterocycles. The maximum Gasteiger partial charge on any atom is 0.306 e. The molecule has 0 aromatic rings. The summed E-state index contributed by atoms with van der Waals surface area (Å²) in [5.41, 5.74) is 0. The number of carbonyl (C=O) groups is 2. The molecule has 1 fully saturated rings. The zero-order valence-electron chi connectivity index (χ0n) is 36.2. The molecule has 0 aliphatic carbocycles. The molecule has 1 aliphatic rings. The van der Waals surface area contributed by atoms with E-state index in [1.54, 1.807) is 0 Å². The fourth-order valence-corrected chi connectivity index (χ4v) is 7.59. The second-order valence-electron chi connectivity index (χ2n) is 16.1. The Kier molecular flexibility index (Phi) is 33.5. The molecule has 0 radical (unpaired) electrons. The third-order valence-corrected chi connectivity index (χ3v) is 11.3. The summed E-state index contributed by atoms with van der Waals surface area (Å²) in [5, 5.41) is 30.9. The Balaban J connectivity index is 2.46. The SMILES string of the molecule is CCCCCC/C=C/CCCCCCCCCC(=O)O[C@H](COC(=O)CCCC/C=C/CCCCCCCCCCC)CO[C@H]1O[C@H](CS(=O)(=O)O)[C@@H](O)C(O)C1O. The largest absolute Gasteiger partial charge is 0.462 e. The van der Waals surface area contributed by atoms with Crippen molar-refractivity contribution in [2.24, 2.45) is 0 Å². The molecule has 12 nitrogen and oxygen atoms in total. The minimum absolute atomic E-state index is 0.157. The van der Waals surface area contributed by atoms with Crippen LogP contribution in [0.25, 0.3) is 0 Å². The molecule has 2 unspecified atom stereocenters. The zero-order valence-corrected chi connectivity index (χ0v) is 37.0. The third-order valence-electron chi connectivity index (χ3n) is 10.5. The van der Waals surface area contributed by atoms with Crippen LogP contribution in [0.2, 0.25) is 0 Å². The first-order chi connectivity index (χ1) is 28.0. The summed E-state index contributed by atoms with van der Waals surface area (Å²) in [7, 11) is -4.60. The molecule has 0 spiro atoms. The first-order valence-corrected chi connectivity index (χ1v) is 24.5. The third kappa shape index (κ3) is 30.2. The number of aliphatic hydroxyl groups excluding tert-OH is 3. The molecule has 6 atom stereocenters. The van der Waals surface area contributed by atoms with Crippen LogP contribution < -0.4 is 0 Å². The van der Waals surface area contributed by atoms with Gasteiger partial charge in [-0.05, 0) is 64.2 Å². The summed E-state index contributed by atoms with van der Waals surface area (Å²) in [5.74, 6) is -2.01. The van der Waals surface area contributed by atoms with E-state index in [1.807, 2.05) is 0 Å². The number of hydrogen-bond donors (Lipinski definition) is 4. The van der Waals surface area contributed by atoms with Gasteiger partial charge in [0, 0.05) is 12.8 Å². The molecule has 340 valence electrons. The highest BCUT2D eigenvalue weighted by Gasteiger charge is 2.46. The van der Waals surface area contributed by atoms with Crippen molar-refractivity contribution < 1.29 is 56.8 Å². The fraction of sp³-hybridized carbons (Fsp3) is 0.867. The van der Waals surface area contributed by atoms with E-state index in [-0.39, 0.29) is 19.4 Å². The molecule has 1 heterocycles. The van der Waals surface area contributed by atoms with E-state index in [2.05, 4.69) is 38.2 Å². The maximum atomic E-state index is 12.8. The fourth-order valence-electron chi connectivity index (χ4n) is 6.90. The predicted molar refractivity (Wildman–Crippen MR) is 229 cm³/mol. The van der Waals surface area contributed by atoms with Crippen LogP contribution in [0.5, 0.6) is 0 Å². The van der Waals surface area contributed by atoms with Gasteiger partial charge >= 0.3 is 11.9 Å². The Hall–Kier alpha value is -1.87. The number of allylic oxidation sites excluding steroid dienone is 4. The van der Waals surface area contributed by atoms with Crippen LogP contribution in [0.4, 0.5) is 0 Å². The van der Waals surface area contributed by atoms with Gasteiger partial charge in [0.15, 0.2) is 12.4 Å². The number of esters is 2. The molecule has 0 bridgehead atoms. The minimum atomic E-state index is -4.60. The predicted octanol–water partition coefficient (Wildman–Crippen LogP) is 9.23. The molecule has 13 heteroatoms. The number of hydrogen-bond acceptors (Lipinski definition) is 11. The van der Waals surface area contributed by atoms with Gasteiger partial charge < -0.3 is 34.3 Å². The van der Waals surface area contributed by atoms with E-state index in [1.165, 1.54) is 103 Å². The topological polar surface area (TPSA) is 186 Å². The van der Waals surface area contributed by atoms with Gasteiger partial charge in [0.25, 0.3) is 10.1 Å².